The Labute approximate surface area is 218 Å². The number of hydrogen-bond donors (Lipinski definition) is 4. The van der Waals surface area contributed by atoms with Gasteiger partial charge in [-0.1, -0.05) is 6.07 Å². The molecule has 1 aromatic carbocycles. The molecule has 1 fully saturated rings. The largest absolute Gasteiger partial charge is 0.419 e. The number of carbonyl (C=O) groups is 1. The summed E-state index contributed by atoms with van der Waals surface area (Å²) in [4.78, 5) is 21.0. The molecule has 2 aromatic heterocycles. The van der Waals surface area contributed by atoms with Gasteiger partial charge in [0.2, 0.25) is 5.78 Å². The minimum absolute atomic E-state index is 0.0119. The van der Waals surface area contributed by atoms with Gasteiger partial charge in [0.15, 0.2) is 0 Å². The fourth-order valence-corrected chi connectivity index (χ4v) is 4.55. The van der Waals surface area contributed by atoms with Crippen molar-refractivity contribution in [1.82, 2.24) is 19.7 Å². The van der Waals surface area contributed by atoms with Gasteiger partial charge in [0.05, 0.1) is 36.4 Å². The van der Waals surface area contributed by atoms with Crippen molar-refractivity contribution in [2.45, 2.75) is 37.4 Å². The molecule has 210 valence electrons. The quantitative estimate of drug-likeness (QED) is 0.211. The molecular weight excluding hydrogens is 552 g/mol. The van der Waals surface area contributed by atoms with Crippen molar-refractivity contribution in [3.63, 3.8) is 0 Å². The van der Waals surface area contributed by atoms with E-state index in [-0.39, 0.29) is 35.6 Å². The van der Waals surface area contributed by atoms with Crippen LogP contribution in [0.15, 0.2) is 43.0 Å². The molecule has 17 heteroatoms. The van der Waals surface area contributed by atoms with Crippen LogP contribution in [0, 0.1) is 11.7 Å². The molecule has 2 heterocycles. The summed E-state index contributed by atoms with van der Waals surface area (Å²) in [5.41, 5.74) is -1.48. The zero-order valence-corrected chi connectivity index (χ0v) is 20.6. The molecule has 39 heavy (non-hydrogen) atoms. The number of anilines is 1. The average Bonchev–Trinajstić information content (AvgIpc) is 3.43. The van der Waals surface area contributed by atoms with Crippen LogP contribution in [0.1, 0.15) is 33.6 Å². The SMILES string of the molecule is NS(=O)(=O)OC[C@H]1C[C@@H](Nc2ncncc2C(=O)c2ccn(Cc3ccc(F)c(C(F)(F)F)c3)n2)[C@H](O)[C@@H]1O. The number of nitrogens with zero attached hydrogens (tertiary/aromatic N) is 4. The van der Waals surface area contributed by atoms with Crippen molar-refractivity contribution in [3.8, 4) is 0 Å². The van der Waals surface area contributed by atoms with Gasteiger partial charge in [0.1, 0.15) is 29.8 Å². The fourth-order valence-electron chi connectivity index (χ4n) is 4.19. The number of benzene rings is 1. The number of alkyl halides is 3. The lowest BCUT2D eigenvalue weighted by atomic mass is 10.1. The number of nitrogens with one attached hydrogen (secondary N) is 1. The standard InChI is InChI=1S/C22H22F4N6O6S/c23-15-2-1-11(5-14(15)22(24,25)26)8-32-4-3-16(31-32)19(34)13-7-28-10-29-21(13)30-17-6-12(18(33)20(17)35)9-38-39(27,36)37/h1-5,7,10,12,17-18,20,33,35H,6,8-9H2,(H2,27,36,37)(H,28,29,30)/t12-,17-,18-,20+/m1/s1. The third kappa shape index (κ3) is 6.74. The van der Waals surface area contributed by atoms with Crippen LogP contribution in [-0.4, -0.2) is 69.0 Å². The van der Waals surface area contributed by atoms with Gasteiger partial charge in [0.25, 0.3) is 0 Å². The number of nitrogens with two attached hydrogens (primary N) is 1. The second kappa shape index (κ2) is 10.9. The Morgan fingerprint density at radius 2 is 1.97 bits per heavy atom. The maximum Gasteiger partial charge on any atom is 0.419 e. The zero-order chi connectivity index (χ0) is 28.5. The predicted molar refractivity (Wildman–Crippen MR) is 125 cm³/mol. The first-order valence-electron chi connectivity index (χ1n) is 11.3. The molecule has 0 aliphatic heterocycles. The summed E-state index contributed by atoms with van der Waals surface area (Å²) in [5.74, 6) is -2.87. The Morgan fingerprint density at radius 1 is 1.23 bits per heavy atom. The lowest BCUT2D eigenvalue weighted by Crippen LogP contribution is -2.36. The van der Waals surface area contributed by atoms with E-state index in [1.807, 2.05) is 0 Å². The van der Waals surface area contributed by atoms with E-state index in [2.05, 4.69) is 24.6 Å². The van der Waals surface area contributed by atoms with Crippen LogP contribution in [0.5, 0.6) is 0 Å². The van der Waals surface area contributed by atoms with Crippen LogP contribution in [0.25, 0.3) is 0 Å². The van der Waals surface area contributed by atoms with Crippen LogP contribution < -0.4 is 10.5 Å². The third-order valence-corrected chi connectivity index (χ3v) is 6.55. The van der Waals surface area contributed by atoms with Gasteiger partial charge < -0.3 is 15.5 Å². The van der Waals surface area contributed by atoms with E-state index in [4.69, 9.17) is 5.14 Å². The minimum atomic E-state index is -4.87. The second-order valence-electron chi connectivity index (χ2n) is 8.83. The van der Waals surface area contributed by atoms with Crippen molar-refractivity contribution in [1.29, 1.82) is 0 Å². The molecule has 0 spiro atoms. The number of halogens is 4. The van der Waals surface area contributed by atoms with Gasteiger partial charge in [-0.3, -0.25) is 13.7 Å². The van der Waals surface area contributed by atoms with E-state index in [1.54, 1.807) is 0 Å². The lowest BCUT2D eigenvalue weighted by Gasteiger charge is -2.19. The summed E-state index contributed by atoms with van der Waals surface area (Å²) in [6.45, 7) is -0.651. The first-order chi connectivity index (χ1) is 18.2. The molecule has 4 rings (SSSR count). The number of aliphatic hydroxyl groups is 2. The molecule has 3 aromatic rings. The predicted octanol–water partition coefficient (Wildman–Crippen LogP) is 0.853. The van der Waals surface area contributed by atoms with Gasteiger partial charge in [-0.25, -0.2) is 19.5 Å². The van der Waals surface area contributed by atoms with E-state index in [0.717, 1.165) is 6.33 Å². The molecule has 1 saturated carbocycles. The maximum absolute atomic E-state index is 13.6. The molecule has 1 aliphatic rings. The summed E-state index contributed by atoms with van der Waals surface area (Å²) in [5, 5.41) is 32.4. The number of aromatic nitrogens is 4. The summed E-state index contributed by atoms with van der Waals surface area (Å²) in [6.07, 6.45) is -3.88. The number of hydrogen-bond acceptors (Lipinski definition) is 10. The molecule has 1 aliphatic carbocycles. The summed E-state index contributed by atoms with van der Waals surface area (Å²) < 4.78 is 80.4. The Hall–Kier alpha value is -3.51. The molecule has 4 atom stereocenters. The van der Waals surface area contributed by atoms with Crippen molar-refractivity contribution in [2.75, 3.05) is 11.9 Å². The van der Waals surface area contributed by atoms with Crippen molar-refractivity contribution >= 4 is 21.9 Å². The molecule has 0 bridgehead atoms. The highest BCUT2D eigenvalue weighted by Crippen LogP contribution is 2.32. The summed E-state index contributed by atoms with van der Waals surface area (Å²) in [7, 11) is -4.26. The molecule has 0 saturated heterocycles. The van der Waals surface area contributed by atoms with Crippen LogP contribution in [-0.2, 0) is 27.2 Å². The highest BCUT2D eigenvalue weighted by molar-refractivity contribution is 7.84. The van der Waals surface area contributed by atoms with Gasteiger partial charge in [-0.05, 0) is 30.2 Å². The second-order valence-corrected chi connectivity index (χ2v) is 10.1. The molecule has 5 N–H and O–H groups in total. The summed E-state index contributed by atoms with van der Waals surface area (Å²) >= 11 is 0. The highest BCUT2D eigenvalue weighted by atomic mass is 32.2. The first kappa shape index (κ1) is 28.5. The average molecular weight is 575 g/mol. The molecule has 0 unspecified atom stereocenters. The van der Waals surface area contributed by atoms with E-state index in [0.29, 0.717) is 12.1 Å². The monoisotopic (exact) mass is 574 g/mol. The minimum Gasteiger partial charge on any atom is -0.390 e. The number of rotatable bonds is 9. The number of ketones is 1. The van der Waals surface area contributed by atoms with Crippen LogP contribution in [0.2, 0.25) is 0 Å². The van der Waals surface area contributed by atoms with Gasteiger partial charge >= 0.3 is 16.5 Å². The Bertz CT molecular complexity index is 1470. The van der Waals surface area contributed by atoms with Gasteiger partial charge in [0, 0.05) is 18.3 Å². The van der Waals surface area contributed by atoms with E-state index in [9.17, 15) is 41.0 Å². The molecule has 0 radical (unpaired) electrons. The van der Waals surface area contributed by atoms with E-state index < -0.39 is 64.4 Å². The third-order valence-electron chi connectivity index (χ3n) is 6.08. The Kier molecular flexibility index (Phi) is 7.99. The van der Waals surface area contributed by atoms with Crippen LogP contribution in [0.3, 0.4) is 0 Å². The number of carbonyl (C=O) groups excluding carboxylic acids is 1. The van der Waals surface area contributed by atoms with E-state index in [1.165, 1.54) is 29.2 Å². The van der Waals surface area contributed by atoms with Crippen LogP contribution in [0.4, 0.5) is 23.4 Å². The first-order valence-corrected chi connectivity index (χ1v) is 12.7. The van der Waals surface area contributed by atoms with E-state index >= 15 is 0 Å². The highest BCUT2D eigenvalue weighted by Gasteiger charge is 2.42. The topological polar surface area (TPSA) is 183 Å². The van der Waals surface area contributed by atoms with Crippen molar-refractivity contribution in [3.05, 3.63) is 71.2 Å². The molecular formula is C22H22F4N6O6S. The van der Waals surface area contributed by atoms with Crippen LogP contribution >= 0.6 is 0 Å². The fraction of sp³-hybridized carbons (Fsp3) is 0.364. The molecule has 0 amide bonds. The summed E-state index contributed by atoms with van der Waals surface area (Å²) in [6, 6.07) is 3.00. The zero-order valence-electron chi connectivity index (χ0n) is 19.8. The van der Waals surface area contributed by atoms with Gasteiger partial charge in [-0.15, -0.1) is 0 Å². The van der Waals surface area contributed by atoms with Crippen molar-refractivity contribution < 1.29 is 45.2 Å². The van der Waals surface area contributed by atoms with Crippen molar-refractivity contribution in [2.24, 2.45) is 11.1 Å². The smallest absolute Gasteiger partial charge is 0.390 e. The Balaban J connectivity index is 1.49. The number of aliphatic hydroxyl groups excluding tert-OH is 2. The maximum atomic E-state index is 13.6. The van der Waals surface area contributed by atoms with Gasteiger partial charge in [-0.2, -0.15) is 26.7 Å². The lowest BCUT2D eigenvalue weighted by molar-refractivity contribution is -0.140. The normalized spacial score (nSPS) is 21.7. The molecule has 12 nitrogen and oxygen atoms in total. The Morgan fingerprint density at radius 3 is 2.67 bits per heavy atom.